The van der Waals surface area contributed by atoms with Gasteiger partial charge >= 0.3 is 0 Å². The molecule has 1 aliphatic heterocycles. The number of likely N-dealkylation sites (N-methyl/N-ethyl adjacent to an activating group) is 1. The van der Waals surface area contributed by atoms with Crippen molar-refractivity contribution < 1.29 is 4.74 Å². The zero-order valence-corrected chi connectivity index (χ0v) is 10.2. The largest absolute Gasteiger partial charge is 0.376 e. The maximum atomic E-state index is 5.80. The third-order valence-electron chi connectivity index (χ3n) is 3.06. The Morgan fingerprint density at radius 3 is 2.87 bits per heavy atom. The van der Waals surface area contributed by atoms with Crippen molar-refractivity contribution in [1.82, 2.24) is 5.32 Å². The minimum atomic E-state index is 0.392. The van der Waals surface area contributed by atoms with Crippen LogP contribution >= 0.6 is 0 Å². The van der Waals surface area contributed by atoms with Crippen molar-refractivity contribution >= 4 is 0 Å². The second-order valence-electron chi connectivity index (χ2n) is 4.23. The first kappa shape index (κ1) is 12.5. The fourth-order valence-corrected chi connectivity index (χ4v) is 2.23. The van der Waals surface area contributed by atoms with E-state index in [1.165, 1.54) is 6.42 Å². The van der Waals surface area contributed by atoms with Gasteiger partial charge in [0.2, 0.25) is 0 Å². The average molecular weight is 209 g/mol. The summed E-state index contributed by atoms with van der Waals surface area (Å²) in [5.41, 5.74) is 0. The molecule has 0 aromatic rings. The molecule has 1 aliphatic rings. The lowest BCUT2D eigenvalue weighted by molar-refractivity contribution is 0.0592. The maximum Gasteiger partial charge on any atom is 0.0754 e. The van der Waals surface area contributed by atoms with E-state index in [0.717, 1.165) is 26.0 Å². The Balaban J connectivity index is 2.43. The van der Waals surface area contributed by atoms with Gasteiger partial charge in [0, 0.05) is 19.1 Å². The molecule has 1 N–H and O–H groups in total. The van der Waals surface area contributed by atoms with Crippen LogP contribution in [-0.4, -0.2) is 25.3 Å². The second-order valence-corrected chi connectivity index (χ2v) is 4.23. The first-order valence-electron chi connectivity index (χ1n) is 6.04. The van der Waals surface area contributed by atoms with Gasteiger partial charge in [-0.15, -0.1) is 11.8 Å². The van der Waals surface area contributed by atoms with Gasteiger partial charge in [0.05, 0.1) is 6.10 Å². The van der Waals surface area contributed by atoms with E-state index in [9.17, 15) is 0 Å². The molecule has 2 heteroatoms. The van der Waals surface area contributed by atoms with Crippen LogP contribution in [0.2, 0.25) is 0 Å². The Bertz CT molecular complexity index is 228. The minimum absolute atomic E-state index is 0.392. The van der Waals surface area contributed by atoms with E-state index >= 15 is 0 Å². The summed E-state index contributed by atoms with van der Waals surface area (Å²) in [5, 5.41) is 3.52. The van der Waals surface area contributed by atoms with Crippen LogP contribution in [0.3, 0.4) is 0 Å². The Labute approximate surface area is 93.8 Å². The molecular formula is C13H23NO. The summed E-state index contributed by atoms with van der Waals surface area (Å²) in [6.07, 6.45) is 3.67. The predicted octanol–water partition coefficient (Wildman–Crippen LogP) is 2.19. The number of rotatable bonds is 5. The van der Waals surface area contributed by atoms with Gasteiger partial charge in [-0.1, -0.05) is 13.8 Å². The molecule has 3 atom stereocenters. The van der Waals surface area contributed by atoms with Crippen molar-refractivity contribution in [2.24, 2.45) is 5.92 Å². The standard InChI is InChI=1S/C13H23NO/c1-4-6-7-8-12(14-5-2)13-11(3)9-10-15-13/h11-14H,5,7-10H2,1-3H3. The predicted molar refractivity (Wildman–Crippen MR) is 63.7 cm³/mol. The Hall–Kier alpha value is -0.520. The third kappa shape index (κ3) is 3.85. The molecule has 1 fully saturated rings. The summed E-state index contributed by atoms with van der Waals surface area (Å²) in [6, 6.07) is 0.480. The first-order chi connectivity index (χ1) is 7.29. The van der Waals surface area contributed by atoms with Gasteiger partial charge in [-0.2, -0.15) is 0 Å². The molecular weight excluding hydrogens is 186 g/mol. The number of ether oxygens (including phenoxy) is 1. The number of nitrogens with one attached hydrogen (secondary N) is 1. The highest BCUT2D eigenvalue weighted by Gasteiger charge is 2.30. The minimum Gasteiger partial charge on any atom is -0.376 e. The first-order valence-corrected chi connectivity index (χ1v) is 6.04. The van der Waals surface area contributed by atoms with Crippen molar-refractivity contribution in [2.45, 2.75) is 52.2 Å². The average Bonchev–Trinajstić information content (AvgIpc) is 2.64. The van der Waals surface area contributed by atoms with E-state index in [2.05, 4.69) is 31.0 Å². The van der Waals surface area contributed by atoms with E-state index in [4.69, 9.17) is 4.74 Å². The molecule has 0 radical (unpaired) electrons. The highest BCUT2D eigenvalue weighted by Crippen LogP contribution is 2.24. The quantitative estimate of drug-likeness (QED) is 0.701. The van der Waals surface area contributed by atoms with Crippen molar-refractivity contribution in [3.8, 4) is 11.8 Å². The lowest BCUT2D eigenvalue weighted by Gasteiger charge is -2.26. The Kier molecular flexibility index (Phi) is 5.75. The summed E-state index contributed by atoms with van der Waals surface area (Å²) in [6.45, 7) is 8.27. The molecule has 0 saturated carbocycles. The summed E-state index contributed by atoms with van der Waals surface area (Å²) in [7, 11) is 0. The molecule has 1 saturated heterocycles. The zero-order chi connectivity index (χ0) is 11.1. The van der Waals surface area contributed by atoms with Crippen LogP contribution in [0.15, 0.2) is 0 Å². The van der Waals surface area contributed by atoms with Crippen LogP contribution in [0.4, 0.5) is 0 Å². The molecule has 86 valence electrons. The topological polar surface area (TPSA) is 21.3 Å². The molecule has 1 rings (SSSR count). The van der Waals surface area contributed by atoms with Crippen LogP contribution in [0.1, 0.15) is 40.0 Å². The molecule has 15 heavy (non-hydrogen) atoms. The Morgan fingerprint density at radius 2 is 2.33 bits per heavy atom. The molecule has 0 aromatic carbocycles. The fraction of sp³-hybridized carbons (Fsp3) is 0.846. The van der Waals surface area contributed by atoms with Crippen LogP contribution in [0, 0.1) is 17.8 Å². The van der Waals surface area contributed by atoms with E-state index in [1.54, 1.807) is 0 Å². The molecule has 0 spiro atoms. The summed E-state index contributed by atoms with van der Waals surface area (Å²) < 4.78 is 5.80. The van der Waals surface area contributed by atoms with E-state index in [-0.39, 0.29) is 0 Å². The van der Waals surface area contributed by atoms with Gasteiger partial charge in [-0.05, 0) is 32.2 Å². The summed E-state index contributed by atoms with van der Waals surface area (Å²) in [5.74, 6) is 6.76. The molecule has 2 nitrogen and oxygen atoms in total. The Morgan fingerprint density at radius 1 is 1.53 bits per heavy atom. The molecule has 1 heterocycles. The van der Waals surface area contributed by atoms with Crippen molar-refractivity contribution in [3.63, 3.8) is 0 Å². The van der Waals surface area contributed by atoms with E-state index in [1.807, 2.05) is 6.92 Å². The highest BCUT2D eigenvalue weighted by molar-refractivity contribution is 4.97. The van der Waals surface area contributed by atoms with Gasteiger partial charge in [-0.25, -0.2) is 0 Å². The van der Waals surface area contributed by atoms with Gasteiger partial charge in [0.1, 0.15) is 0 Å². The SMILES string of the molecule is CC#CCCC(NCC)C1OCCC1C. The normalized spacial score (nSPS) is 27.1. The molecule has 0 aliphatic carbocycles. The number of hydrogen-bond acceptors (Lipinski definition) is 2. The van der Waals surface area contributed by atoms with Gasteiger partial charge in [0.15, 0.2) is 0 Å². The molecule has 0 bridgehead atoms. The highest BCUT2D eigenvalue weighted by atomic mass is 16.5. The van der Waals surface area contributed by atoms with Crippen LogP contribution in [0.5, 0.6) is 0 Å². The molecule has 0 aromatic heterocycles. The second kappa shape index (κ2) is 6.87. The summed E-state index contributed by atoms with van der Waals surface area (Å²) >= 11 is 0. The zero-order valence-electron chi connectivity index (χ0n) is 10.2. The van der Waals surface area contributed by atoms with E-state index < -0.39 is 0 Å². The van der Waals surface area contributed by atoms with Crippen molar-refractivity contribution in [1.29, 1.82) is 0 Å². The van der Waals surface area contributed by atoms with Crippen LogP contribution in [0.25, 0.3) is 0 Å². The van der Waals surface area contributed by atoms with Gasteiger partial charge in [0.25, 0.3) is 0 Å². The van der Waals surface area contributed by atoms with Gasteiger partial charge < -0.3 is 10.1 Å². The van der Waals surface area contributed by atoms with Gasteiger partial charge in [-0.3, -0.25) is 0 Å². The molecule has 3 unspecified atom stereocenters. The van der Waals surface area contributed by atoms with Crippen molar-refractivity contribution in [3.05, 3.63) is 0 Å². The van der Waals surface area contributed by atoms with E-state index in [0.29, 0.717) is 18.1 Å². The third-order valence-corrected chi connectivity index (χ3v) is 3.06. The van der Waals surface area contributed by atoms with Crippen LogP contribution in [-0.2, 0) is 4.74 Å². The monoisotopic (exact) mass is 209 g/mol. The van der Waals surface area contributed by atoms with Crippen molar-refractivity contribution in [2.75, 3.05) is 13.2 Å². The number of hydrogen-bond donors (Lipinski definition) is 1. The molecule has 0 amide bonds. The maximum absolute atomic E-state index is 5.80. The summed E-state index contributed by atoms with van der Waals surface area (Å²) in [4.78, 5) is 0. The lowest BCUT2D eigenvalue weighted by atomic mass is 9.94. The van der Waals surface area contributed by atoms with Crippen LogP contribution < -0.4 is 5.32 Å². The fourth-order valence-electron chi connectivity index (χ4n) is 2.23. The lowest BCUT2D eigenvalue weighted by Crippen LogP contribution is -2.42. The smallest absolute Gasteiger partial charge is 0.0754 e.